The lowest BCUT2D eigenvalue weighted by Gasteiger charge is -2.17. The predicted molar refractivity (Wildman–Crippen MR) is 74.1 cm³/mol. The summed E-state index contributed by atoms with van der Waals surface area (Å²) in [6.07, 6.45) is 0.600. The highest BCUT2D eigenvalue weighted by Gasteiger charge is 2.21. The molecule has 0 atom stereocenters. The van der Waals surface area contributed by atoms with Gasteiger partial charge in [0, 0.05) is 27.3 Å². The van der Waals surface area contributed by atoms with E-state index in [1.54, 1.807) is 7.11 Å². The molecule has 0 saturated carbocycles. The molecule has 0 aliphatic heterocycles. The first kappa shape index (κ1) is 16.6. The van der Waals surface area contributed by atoms with Gasteiger partial charge >= 0.3 is 5.97 Å². The first-order chi connectivity index (χ1) is 9.43. The average Bonchev–Trinajstić information content (AvgIpc) is 2.46. The van der Waals surface area contributed by atoms with Crippen LogP contribution in [0.15, 0.2) is 29.2 Å². The first-order valence-electron chi connectivity index (χ1n) is 6.07. The summed E-state index contributed by atoms with van der Waals surface area (Å²) in [6, 6.07) is 5.79. The fraction of sp³-hybridized carbons (Fsp3) is 0.462. The van der Waals surface area contributed by atoms with E-state index in [-0.39, 0.29) is 10.5 Å². The number of benzene rings is 1. The Morgan fingerprint density at radius 3 is 2.60 bits per heavy atom. The Kier molecular flexibility index (Phi) is 6.12. The predicted octanol–water partition coefficient (Wildman–Crippen LogP) is 1.13. The lowest BCUT2D eigenvalue weighted by Crippen LogP contribution is -2.28. The molecule has 1 aromatic rings. The monoisotopic (exact) mass is 301 g/mol. The summed E-state index contributed by atoms with van der Waals surface area (Å²) in [6.45, 7) is 0.834. The lowest BCUT2D eigenvalue weighted by molar-refractivity contribution is 0.0600. The van der Waals surface area contributed by atoms with E-state index in [2.05, 4.69) is 4.74 Å². The Morgan fingerprint density at radius 1 is 1.30 bits per heavy atom. The standard InChI is InChI=1S/C13H19NO5S/c1-14(8-5-9-18-2)20(16,17)12-7-4-6-11(10-12)13(15)19-3/h4,6-7,10H,5,8-9H2,1-3H3. The number of hydrogen-bond acceptors (Lipinski definition) is 5. The van der Waals surface area contributed by atoms with E-state index in [0.29, 0.717) is 19.6 Å². The quantitative estimate of drug-likeness (QED) is 0.557. The summed E-state index contributed by atoms with van der Waals surface area (Å²) in [5, 5.41) is 0. The molecule has 112 valence electrons. The van der Waals surface area contributed by atoms with Crippen molar-refractivity contribution in [3.8, 4) is 0 Å². The summed E-state index contributed by atoms with van der Waals surface area (Å²) >= 11 is 0. The first-order valence-corrected chi connectivity index (χ1v) is 7.51. The maximum Gasteiger partial charge on any atom is 0.337 e. The summed E-state index contributed by atoms with van der Waals surface area (Å²) in [5.74, 6) is -0.566. The van der Waals surface area contributed by atoms with Crippen LogP contribution in [-0.2, 0) is 19.5 Å². The van der Waals surface area contributed by atoms with Crippen LogP contribution in [0.4, 0.5) is 0 Å². The van der Waals surface area contributed by atoms with E-state index >= 15 is 0 Å². The molecule has 0 N–H and O–H groups in total. The maximum atomic E-state index is 12.3. The molecule has 6 nitrogen and oxygen atoms in total. The van der Waals surface area contributed by atoms with Crippen molar-refractivity contribution in [2.24, 2.45) is 0 Å². The number of sulfonamides is 1. The minimum Gasteiger partial charge on any atom is -0.465 e. The minimum atomic E-state index is -3.61. The molecule has 0 amide bonds. The van der Waals surface area contributed by atoms with Gasteiger partial charge in [-0.1, -0.05) is 6.07 Å². The SMILES string of the molecule is COCCCN(C)S(=O)(=O)c1cccc(C(=O)OC)c1. The highest BCUT2D eigenvalue weighted by atomic mass is 32.2. The number of nitrogens with zero attached hydrogens (tertiary/aromatic N) is 1. The molecule has 0 bridgehead atoms. The minimum absolute atomic E-state index is 0.0697. The van der Waals surface area contributed by atoms with Crippen molar-refractivity contribution in [2.75, 3.05) is 34.4 Å². The van der Waals surface area contributed by atoms with Crippen molar-refractivity contribution in [1.82, 2.24) is 4.31 Å². The van der Waals surface area contributed by atoms with E-state index in [4.69, 9.17) is 4.74 Å². The molecule has 0 aliphatic rings. The molecule has 1 aromatic carbocycles. The van der Waals surface area contributed by atoms with Crippen molar-refractivity contribution in [3.05, 3.63) is 29.8 Å². The molecular formula is C13H19NO5S. The van der Waals surface area contributed by atoms with Crippen LogP contribution in [0.3, 0.4) is 0 Å². The highest BCUT2D eigenvalue weighted by molar-refractivity contribution is 7.89. The number of hydrogen-bond donors (Lipinski definition) is 0. The fourth-order valence-electron chi connectivity index (χ4n) is 1.63. The van der Waals surface area contributed by atoms with E-state index in [1.807, 2.05) is 0 Å². The zero-order valence-electron chi connectivity index (χ0n) is 11.8. The van der Waals surface area contributed by atoms with Gasteiger partial charge in [0.05, 0.1) is 17.6 Å². The normalized spacial score (nSPS) is 11.6. The molecule has 0 heterocycles. The molecule has 0 saturated heterocycles. The molecule has 0 aromatic heterocycles. The number of esters is 1. The molecule has 20 heavy (non-hydrogen) atoms. The Labute approximate surface area is 119 Å². The Bertz CT molecular complexity index is 556. The summed E-state index contributed by atoms with van der Waals surface area (Å²) < 4.78 is 35.4. The van der Waals surface area contributed by atoms with Gasteiger partial charge in [0.2, 0.25) is 10.0 Å². The number of carbonyl (C=O) groups is 1. The van der Waals surface area contributed by atoms with E-state index in [1.165, 1.54) is 42.7 Å². The van der Waals surface area contributed by atoms with E-state index < -0.39 is 16.0 Å². The number of carbonyl (C=O) groups excluding carboxylic acids is 1. The van der Waals surface area contributed by atoms with Crippen LogP contribution in [0, 0.1) is 0 Å². The lowest BCUT2D eigenvalue weighted by atomic mass is 10.2. The molecule has 0 unspecified atom stereocenters. The number of methoxy groups -OCH3 is 2. The van der Waals surface area contributed by atoms with Gasteiger partial charge in [-0.15, -0.1) is 0 Å². The van der Waals surface area contributed by atoms with Gasteiger partial charge < -0.3 is 9.47 Å². The van der Waals surface area contributed by atoms with Gasteiger partial charge in [-0.3, -0.25) is 0 Å². The third-order valence-corrected chi connectivity index (χ3v) is 4.64. The van der Waals surface area contributed by atoms with Crippen molar-refractivity contribution in [3.63, 3.8) is 0 Å². The van der Waals surface area contributed by atoms with Crippen LogP contribution >= 0.6 is 0 Å². The van der Waals surface area contributed by atoms with Gasteiger partial charge in [0.1, 0.15) is 0 Å². The smallest absolute Gasteiger partial charge is 0.337 e. The van der Waals surface area contributed by atoms with Crippen LogP contribution in [-0.4, -0.2) is 53.1 Å². The van der Waals surface area contributed by atoms with E-state index in [0.717, 1.165) is 0 Å². The largest absolute Gasteiger partial charge is 0.465 e. The third-order valence-electron chi connectivity index (χ3n) is 2.78. The molecule has 0 radical (unpaired) electrons. The number of rotatable bonds is 7. The summed E-state index contributed by atoms with van der Waals surface area (Å²) in [4.78, 5) is 11.5. The molecule has 0 fully saturated rings. The molecule has 0 aliphatic carbocycles. The van der Waals surface area contributed by atoms with Crippen molar-refractivity contribution < 1.29 is 22.7 Å². The molecule has 1 rings (SSSR count). The van der Waals surface area contributed by atoms with Crippen LogP contribution in [0.2, 0.25) is 0 Å². The highest BCUT2D eigenvalue weighted by Crippen LogP contribution is 2.16. The van der Waals surface area contributed by atoms with Crippen LogP contribution in [0.1, 0.15) is 16.8 Å². The average molecular weight is 301 g/mol. The zero-order valence-corrected chi connectivity index (χ0v) is 12.6. The van der Waals surface area contributed by atoms with Gasteiger partial charge in [0.25, 0.3) is 0 Å². The van der Waals surface area contributed by atoms with Gasteiger partial charge in [0.15, 0.2) is 0 Å². The van der Waals surface area contributed by atoms with Gasteiger partial charge in [-0.05, 0) is 24.6 Å². The van der Waals surface area contributed by atoms with Crippen LogP contribution in [0.5, 0.6) is 0 Å². The zero-order chi connectivity index (χ0) is 15.2. The van der Waals surface area contributed by atoms with Crippen LogP contribution in [0.25, 0.3) is 0 Å². The van der Waals surface area contributed by atoms with Crippen molar-refractivity contribution in [2.45, 2.75) is 11.3 Å². The van der Waals surface area contributed by atoms with E-state index in [9.17, 15) is 13.2 Å². The maximum absolute atomic E-state index is 12.3. The van der Waals surface area contributed by atoms with Crippen molar-refractivity contribution >= 4 is 16.0 Å². The molecule has 7 heteroatoms. The van der Waals surface area contributed by atoms with Gasteiger partial charge in [-0.25, -0.2) is 17.5 Å². The third kappa shape index (κ3) is 4.03. The van der Waals surface area contributed by atoms with Gasteiger partial charge in [-0.2, -0.15) is 0 Å². The van der Waals surface area contributed by atoms with Crippen LogP contribution < -0.4 is 0 Å². The second-order valence-electron chi connectivity index (χ2n) is 4.19. The van der Waals surface area contributed by atoms with Crippen molar-refractivity contribution in [1.29, 1.82) is 0 Å². The molecular weight excluding hydrogens is 282 g/mol. The fourth-order valence-corrected chi connectivity index (χ4v) is 2.89. The summed E-state index contributed by atoms with van der Waals surface area (Å²) in [5.41, 5.74) is 0.207. The summed E-state index contributed by atoms with van der Waals surface area (Å²) in [7, 11) is 0.696. The Hall–Kier alpha value is -1.44. The second-order valence-corrected chi connectivity index (χ2v) is 6.24. The second kappa shape index (κ2) is 7.37. The topological polar surface area (TPSA) is 72.9 Å². The Balaban J connectivity index is 2.94. The molecule has 0 spiro atoms. The number of ether oxygens (including phenoxy) is 2. The Morgan fingerprint density at radius 2 is 2.00 bits per heavy atom.